The van der Waals surface area contributed by atoms with Gasteiger partial charge < -0.3 is 15.9 Å². The molecule has 1 unspecified atom stereocenters. The fourth-order valence-corrected chi connectivity index (χ4v) is 2.82. The van der Waals surface area contributed by atoms with Crippen molar-refractivity contribution < 1.29 is 24.6 Å². The minimum absolute atomic E-state index is 0.104. The Hall–Kier alpha value is -0.870. The number of nitrogens with zero attached hydrogens (tertiary/aromatic N) is 1. The van der Waals surface area contributed by atoms with Crippen LogP contribution in [0.1, 0.15) is 59.8 Å². The largest absolute Gasteiger partial charge is 0.478 e. The Morgan fingerprint density at radius 3 is 2.39 bits per heavy atom. The molecule has 0 radical (unpaired) electrons. The van der Waals surface area contributed by atoms with Crippen LogP contribution in [-0.2, 0) is 14.4 Å². The summed E-state index contributed by atoms with van der Waals surface area (Å²) < 4.78 is 0. The Bertz CT molecular complexity index is 467. The maximum absolute atomic E-state index is 13.0. The van der Waals surface area contributed by atoms with Crippen LogP contribution in [-0.4, -0.2) is 64.4 Å². The third-order valence-electron chi connectivity index (χ3n) is 4.63. The summed E-state index contributed by atoms with van der Waals surface area (Å²) in [4.78, 5) is 31.1. The van der Waals surface area contributed by atoms with Gasteiger partial charge in [0.1, 0.15) is 0 Å². The number of unbranched alkanes of at least 4 members (excludes halogenated alkanes) is 2. The molecule has 1 amide bonds. The Morgan fingerprint density at radius 1 is 1.29 bits per heavy atom. The molecule has 0 aliphatic rings. The number of carbonyl (C=O) groups is 2. The van der Waals surface area contributed by atoms with Crippen LogP contribution < -0.4 is 11.1 Å². The topological polar surface area (TPSA) is 125 Å². The maximum atomic E-state index is 13.0. The number of carbonyl (C=O) groups excluding carboxylic acids is 1. The van der Waals surface area contributed by atoms with E-state index >= 15 is 0 Å². The van der Waals surface area contributed by atoms with E-state index < -0.39 is 36.1 Å². The zero-order valence-electron chi connectivity index (χ0n) is 17.7. The van der Waals surface area contributed by atoms with Gasteiger partial charge in [-0.1, -0.05) is 40.5 Å². The number of hydrogen-bond donors (Lipinski definition) is 5. The van der Waals surface area contributed by atoms with Crippen LogP contribution in [0.25, 0.3) is 0 Å². The summed E-state index contributed by atoms with van der Waals surface area (Å²) in [5, 5.41) is 23.7. The van der Waals surface area contributed by atoms with E-state index in [1.54, 1.807) is 6.92 Å². The molecular formula is C19H39N3O5S. The Labute approximate surface area is 174 Å². The standard InChI is InChI=1S/C19H39N3O5S/c1-5-6-7-10-27-22(17(24)9-8-14(2)3)19(18(25)26,15(4)12-23)21-11-16(20)13-28/h14-16,21,23,28H,5-13,20H2,1-4H3,(H,25,26)/t15-,16?,19-/m1/s1. The Morgan fingerprint density at radius 2 is 1.93 bits per heavy atom. The normalized spacial score (nSPS) is 15.9. The number of carboxylic acid groups (broad SMARTS) is 1. The van der Waals surface area contributed by atoms with Gasteiger partial charge in [-0.25, -0.2) is 4.79 Å². The van der Waals surface area contributed by atoms with Crippen LogP contribution in [0.2, 0.25) is 0 Å². The van der Waals surface area contributed by atoms with Crippen molar-refractivity contribution >= 4 is 24.5 Å². The minimum Gasteiger partial charge on any atom is -0.478 e. The third-order valence-corrected chi connectivity index (χ3v) is 5.10. The molecule has 0 bridgehead atoms. The number of hydroxylamine groups is 2. The zero-order chi connectivity index (χ0) is 21.7. The molecule has 0 aromatic carbocycles. The van der Waals surface area contributed by atoms with Gasteiger partial charge >= 0.3 is 5.97 Å². The molecule has 0 saturated carbocycles. The first-order valence-corrected chi connectivity index (χ1v) is 10.7. The van der Waals surface area contributed by atoms with Crippen molar-refractivity contribution in [3.8, 4) is 0 Å². The van der Waals surface area contributed by atoms with Crippen molar-refractivity contribution in [2.24, 2.45) is 17.6 Å². The molecule has 9 heteroatoms. The number of rotatable bonds is 16. The lowest BCUT2D eigenvalue weighted by Crippen LogP contribution is -2.70. The van der Waals surface area contributed by atoms with Crippen LogP contribution in [0.5, 0.6) is 0 Å². The van der Waals surface area contributed by atoms with Gasteiger partial charge in [0.25, 0.3) is 0 Å². The quantitative estimate of drug-likeness (QED) is 0.111. The number of hydrogen-bond acceptors (Lipinski definition) is 7. The molecule has 0 fully saturated rings. The monoisotopic (exact) mass is 421 g/mol. The maximum Gasteiger partial charge on any atom is 0.347 e. The molecule has 166 valence electrons. The van der Waals surface area contributed by atoms with Crippen LogP contribution >= 0.6 is 12.6 Å². The molecule has 28 heavy (non-hydrogen) atoms. The van der Waals surface area contributed by atoms with Gasteiger partial charge in [0, 0.05) is 37.3 Å². The molecule has 0 rings (SSSR count). The number of aliphatic hydroxyl groups excluding tert-OH is 1. The van der Waals surface area contributed by atoms with E-state index in [0.717, 1.165) is 17.9 Å². The number of carboxylic acids is 1. The van der Waals surface area contributed by atoms with E-state index in [4.69, 9.17) is 10.6 Å². The number of aliphatic carboxylic acids is 1. The zero-order valence-corrected chi connectivity index (χ0v) is 18.6. The van der Waals surface area contributed by atoms with Crippen LogP contribution in [0.3, 0.4) is 0 Å². The number of aliphatic hydroxyl groups is 1. The summed E-state index contributed by atoms with van der Waals surface area (Å²) in [6.45, 7) is 7.46. The molecule has 0 saturated heterocycles. The van der Waals surface area contributed by atoms with Crippen molar-refractivity contribution in [1.82, 2.24) is 10.4 Å². The van der Waals surface area contributed by atoms with Crippen molar-refractivity contribution in [3.63, 3.8) is 0 Å². The highest BCUT2D eigenvalue weighted by Gasteiger charge is 2.52. The summed E-state index contributed by atoms with van der Waals surface area (Å²) >= 11 is 4.13. The second-order valence-corrected chi connectivity index (χ2v) is 8.00. The number of thiol groups is 1. The van der Waals surface area contributed by atoms with Crippen LogP contribution in [0.15, 0.2) is 0 Å². The van der Waals surface area contributed by atoms with Gasteiger partial charge in [-0.15, -0.1) is 0 Å². The van der Waals surface area contributed by atoms with Gasteiger partial charge in [-0.05, 0) is 18.8 Å². The highest BCUT2D eigenvalue weighted by molar-refractivity contribution is 7.80. The lowest BCUT2D eigenvalue weighted by atomic mass is 9.92. The molecule has 0 heterocycles. The Balaban J connectivity index is 5.85. The predicted molar refractivity (Wildman–Crippen MR) is 113 cm³/mol. The van der Waals surface area contributed by atoms with Crippen molar-refractivity contribution in [3.05, 3.63) is 0 Å². The van der Waals surface area contributed by atoms with E-state index in [1.165, 1.54) is 0 Å². The van der Waals surface area contributed by atoms with Gasteiger partial charge in [-0.2, -0.15) is 17.7 Å². The second kappa shape index (κ2) is 14.2. The molecule has 8 nitrogen and oxygen atoms in total. The number of amides is 1. The third kappa shape index (κ3) is 8.24. The predicted octanol–water partition coefficient (Wildman–Crippen LogP) is 1.63. The Kier molecular flexibility index (Phi) is 13.7. The van der Waals surface area contributed by atoms with Crippen LogP contribution in [0.4, 0.5) is 0 Å². The smallest absolute Gasteiger partial charge is 0.347 e. The summed E-state index contributed by atoms with van der Waals surface area (Å²) in [6.07, 6.45) is 3.33. The highest BCUT2D eigenvalue weighted by atomic mass is 32.1. The molecule has 5 N–H and O–H groups in total. The average Bonchev–Trinajstić information content (AvgIpc) is 2.66. The fourth-order valence-electron chi connectivity index (χ4n) is 2.69. The van der Waals surface area contributed by atoms with E-state index in [-0.39, 0.29) is 25.5 Å². The molecule has 0 aromatic heterocycles. The van der Waals surface area contributed by atoms with Gasteiger partial charge in [-0.3, -0.25) is 14.9 Å². The fraction of sp³-hybridized carbons (Fsp3) is 0.895. The summed E-state index contributed by atoms with van der Waals surface area (Å²) in [6, 6.07) is -0.416. The highest BCUT2D eigenvalue weighted by Crippen LogP contribution is 2.26. The first-order valence-electron chi connectivity index (χ1n) is 10.1. The number of nitrogens with one attached hydrogen (secondary N) is 1. The molecule has 0 aliphatic carbocycles. The minimum atomic E-state index is -1.92. The molecule has 3 atom stereocenters. The van der Waals surface area contributed by atoms with Crippen LogP contribution in [0, 0.1) is 11.8 Å². The van der Waals surface area contributed by atoms with Gasteiger partial charge in [0.15, 0.2) is 0 Å². The van der Waals surface area contributed by atoms with Gasteiger partial charge in [0.2, 0.25) is 11.6 Å². The second-order valence-electron chi connectivity index (χ2n) is 7.64. The van der Waals surface area contributed by atoms with E-state index in [2.05, 4.69) is 17.9 Å². The lowest BCUT2D eigenvalue weighted by Gasteiger charge is -2.43. The van der Waals surface area contributed by atoms with E-state index in [1.807, 2.05) is 20.8 Å². The summed E-state index contributed by atoms with van der Waals surface area (Å²) in [5.74, 6) is -1.93. The molecule has 0 aliphatic heterocycles. The number of nitrogens with two attached hydrogens (primary N) is 1. The van der Waals surface area contributed by atoms with Crippen molar-refractivity contribution in [2.45, 2.75) is 71.5 Å². The SMILES string of the molecule is CCCCCON(C(=O)CCC(C)C)[C@@](NCC(N)CS)(C(=O)O)[C@H](C)CO. The van der Waals surface area contributed by atoms with Crippen molar-refractivity contribution in [2.75, 3.05) is 25.5 Å². The first kappa shape index (κ1) is 27.1. The average molecular weight is 422 g/mol. The van der Waals surface area contributed by atoms with Crippen molar-refractivity contribution in [1.29, 1.82) is 0 Å². The first-order chi connectivity index (χ1) is 13.2. The summed E-state index contributed by atoms with van der Waals surface area (Å²) in [7, 11) is 0. The summed E-state index contributed by atoms with van der Waals surface area (Å²) in [5.41, 5.74) is 3.98. The molecule has 0 spiro atoms. The van der Waals surface area contributed by atoms with E-state index in [0.29, 0.717) is 18.6 Å². The molecular weight excluding hydrogens is 382 g/mol. The van der Waals surface area contributed by atoms with Gasteiger partial charge in [0.05, 0.1) is 6.61 Å². The van der Waals surface area contributed by atoms with E-state index in [9.17, 15) is 19.8 Å². The lowest BCUT2D eigenvalue weighted by molar-refractivity contribution is -0.246. The molecule has 0 aromatic rings.